The van der Waals surface area contributed by atoms with Gasteiger partial charge in [0.25, 0.3) is 20.3 Å². The number of nitrogens with zero attached hydrogens (tertiary/aromatic N) is 1. The number of hydrogen-bond acceptors (Lipinski definition) is 18. The first-order chi connectivity index (χ1) is 34.3. The Balaban J connectivity index is -0.0000000960. The molecule has 2 aromatic rings. The van der Waals surface area contributed by atoms with E-state index in [0.29, 0.717) is 28.6 Å². The van der Waals surface area contributed by atoms with Crippen molar-refractivity contribution in [3.05, 3.63) is 59.4 Å². The van der Waals surface area contributed by atoms with Gasteiger partial charge in [-0.25, -0.2) is 0 Å². The summed E-state index contributed by atoms with van der Waals surface area (Å²) in [5.74, 6) is 0. The zero-order valence-corrected chi connectivity index (χ0v) is 70.1. The Bertz CT molecular complexity index is 2480. The number of aliphatic hydroxyl groups is 4. The van der Waals surface area contributed by atoms with Crippen LogP contribution in [0.5, 0.6) is 0 Å². The molecule has 0 spiro atoms. The summed E-state index contributed by atoms with van der Waals surface area (Å²) >= 11 is 14.7. The van der Waals surface area contributed by atoms with E-state index >= 15 is 0 Å². The number of nitrogens with two attached hydrogens (primary N) is 2. The third kappa shape index (κ3) is 38.1. The molecule has 0 fully saturated rings. The fourth-order valence-corrected chi connectivity index (χ4v) is 15.8. The third-order valence-electron chi connectivity index (χ3n) is 7.89. The molecule has 37 nitrogen and oxygen atoms in total. The third-order valence-corrected chi connectivity index (χ3v) is 29.4. The second-order valence-electron chi connectivity index (χ2n) is 13.7. The van der Waals surface area contributed by atoms with E-state index in [-0.39, 0.29) is 80.5 Å². The zero-order valence-electron chi connectivity index (χ0n) is 45.6. The van der Waals surface area contributed by atoms with E-state index in [0.717, 1.165) is 6.20 Å². The van der Waals surface area contributed by atoms with Crippen molar-refractivity contribution in [2.75, 3.05) is 13.1 Å². The van der Waals surface area contributed by atoms with Gasteiger partial charge in [0, 0.05) is 41.6 Å². The molecule has 1 aromatic heterocycles. The van der Waals surface area contributed by atoms with Gasteiger partial charge >= 0.3 is 266 Å². The molecular weight excluding hydrogens is 1420 g/mol. The Hall–Kier alpha value is 8.27. The molecule has 0 amide bonds. The number of pyridine rings is 1. The van der Waals surface area contributed by atoms with Crippen LogP contribution in [0.3, 0.4) is 0 Å². The van der Waals surface area contributed by atoms with Gasteiger partial charge in [-0.3, -0.25) is 50.6 Å². The molecule has 1 aromatic carbocycles. The normalized spacial score (nSPS) is 13.0. The summed E-state index contributed by atoms with van der Waals surface area (Å²) in [4.78, 5) is 177. The topological polar surface area (TPSA) is 721 Å². The van der Waals surface area contributed by atoms with Crippen LogP contribution in [0, 0.1) is 0 Å². The van der Waals surface area contributed by atoms with Gasteiger partial charge in [-0.2, -0.15) is 0 Å². The summed E-state index contributed by atoms with van der Waals surface area (Å²) in [5, 5.41) is 23.6. The van der Waals surface area contributed by atoms with E-state index in [2.05, 4.69) is 4.98 Å². The van der Waals surface area contributed by atoms with Crippen LogP contribution in [0.1, 0.15) is 34.6 Å². The Morgan fingerprint density at radius 1 is 0.512 bits per heavy atom. The molecule has 0 atom stereocenters. The molecule has 0 radical (unpaired) electrons. The van der Waals surface area contributed by atoms with E-state index in [1.165, 1.54) is 173 Å². The van der Waals surface area contributed by atoms with Crippen molar-refractivity contribution < 1.29 is 226 Å². The first-order valence-electron chi connectivity index (χ1n) is 20.5. The van der Waals surface area contributed by atoms with Crippen LogP contribution in [0.4, 0.5) is 0 Å². The second-order valence-corrected chi connectivity index (χ2v) is 36.1. The average molecular weight is 1480 g/mol. The van der Waals surface area contributed by atoms with E-state index in [1.54, 1.807) is 0 Å². The average Bonchev–Trinajstić information content (AvgIpc) is 3.25. The van der Waals surface area contributed by atoms with Crippen LogP contribution in [0.25, 0.3) is 0 Å². The van der Waals surface area contributed by atoms with E-state index in [1.807, 2.05) is 0 Å². The van der Waals surface area contributed by atoms with Crippen molar-refractivity contribution in [1.82, 2.24) is 4.98 Å². The molecule has 0 saturated carbocycles. The van der Waals surface area contributed by atoms with Gasteiger partial charge in [0.15, 0.2) is 0 Å². The first-order valence-corrected chi connectivity index (χ1v) is 62.0. The molecule has 2 rings (SSSR count). The maximum absolute atomic E-state index is 11.0. The standard InChI is InChI=1S/C7H9ClO6P2S.C7H11NO7P2.C4H13NO7P2.C3H11NO7P2.C2H8O7P2.8Na.2H/c8-5-1-3-6(4-2-5)17-7(15(9,10)11)16(12,13)14;9-7(16(10,11)12,17(13,14)15)4-6-2-1-3-8-5-6;5-3-1-2-4(6,13(7,8)9)14(10,11)12;4-2-1-3(5,12(6,7)8)13(9,10)11;1-2(3,10(4,5)6)11(7,8)9;;;;;;;;;;/h1-4,7H,(H2,9,10,11)(H2,12,13,14);1-3,5,9H,4H2,(H2,10,11,12)(H2,13,14,15);6H,1-3,5H2,(H2,7,8,9)(H2,10,11,12);5H,1-2,4H2,(H2,6,7,8)(H2,9,10,11);3H,1H3,(H2,4,5,6)(H2,7,8,9);;;;;;;;;;/q;;;;;;;;;;;2*+1;2*-1. The fourth-order valence-electron chi connectivity index (χ4n) is 3.74. The zero-order chi connectivity index (χ0) is 64.6. The molecule has 436 valence electrons. The minimum atomic E-state index is -5.41. The Morgan fingerprint density at radius 2 is 0.812 bits per heavy atom. The Kier molecular flexibility index (Phi) is 58.6. The summed E-state index contributed by atoms with van der Waals surface area (Å²) in [6.07, 6.45) is -0.102. The molecule has 0 saturated heterocycles. The van der Waals surface area contributed by atoms with Gasteiger partial charge in [-0.05, 0) is 62.3 Å². The molecule has 0 bridgehead atoms. The molecule has 0 aliphatic heterocycles. The maximum atomic E-state index is 11.0. The van der Waals surface area contributed by atoms with Crippen LogP contribution in [0.2, 0.25) is 5.02 Å². The second kappa shape index (κ2) is 44.9. The molecule has 0 aliphatic rings. The van der Waals surface area contributed by atoms with Crippen LogP contribution < -0.4 is 70.6 Å². The van der Waals surface area contributed by atoms with Crippen LogP contribution >= 0.6 is 99.3 Å². The van der Waals surface area contributed by atoms with Crippen molar-refractivity contribution in [3.8, 4) is 0 Å². The number of thioether (sulfide) groups is 1. The summed E-state index contributed by atoms with van der Waals surface area (Å²) < 4.78 is 105. The number of benzene rings is 1. The monoisotopic (exact) mass is 1480 g/mol. The fraction of sp³-hybridized carbons (Fsp3) is 0.522. The molecule has 80 heavy (non-hydrogen) atoms. The number of hydrogen-bond donors (Lipinski definition) is 26. The van der Waals surface area contributed by atoms with E-state index < -0.39 is 127 Å². The summed E-state index contributed by atoms with van der Waals surface area (Å²) in [5.41, 5.74) is 9.97. The molecule has 1 heterocycles. The predicted octanol–water partition coefficient (Wildman–Crippen LogP) is -10.3. The van der Waals surface area contributed by atoms with Crippen molar-refractivity contribution in [2.24, 2.45) is 11.5 Å². The predicted molar refractivity (Wildman–Crippen MR) is 284 cm³/mol. The molecule has 28 N–H and O–H groups in total. The van der Waals surface area contributed by atoms with Crippen molar-refractivity contribution >= 4 is 230 Å². The van der Waals surface area contributed by atoms with Crippen LogP contribution in [-0.4, -0.2) is 292 Å². The van der Waals surface area contributed by atoms with Crippen LogP contribution in [-0.2, 0) is 52.1 Å². The summed E-state index contributed by atoms with van der Waals surface area (Å²) in [6.45, 7) is -0.108. The van der Waals surface area contributed by atoms with Crippen molar-refractivity contribution in [1.29, 1.82) is 0 Å². The van der Waals surface area contributed by atoms with Crippen molar-refractivity contribution in [2.45, 2.75) is 62.6 Å². The molecule has 0 aliphatic carbocycles. The van der Waals surface area contributed by atoms with E-state index in [4.69, 9.17) is 131 Å². The number of halogens is 1. The molecular formula is C23H54ClN3Na8O34P10S. The van der Waals surface area contributed by atoms with Gasteiger partial charge in [0.1, 0.15) is 0 Å². The van der Waals surface area contributed by atoms with Crippen molar-refractivity contribution in [3.63, 3.8) is 0 Å². The molecule has 57 heteroatoms. The van der Waals surface area contributed by atoms with Gasteiger partial charge in [0.05, 0.1) is 0 Å². The van der Waals surface area contributed by atoms with E-state index in [9.17, 15) is 55.9 Å². The number of aromatic nitrogens is 1. The van der Waals surface area contributed by atoms with Gasteiger partial charge in [-0.15, -0.1) is 0 Å². The molecule has 0 unspecified atom stereocenters. The minimum absolute atomic E-state index is 0. The van der Waals surface area contributed by atoms with Gasteiger partial charge in [-0.1, -0.05) is 29.4 Å². The van der Waals surface area contributed by atoms with Crippen LogP contribution in [0.15, 0.2) is 53.7 Å². The van der Waals surface area contributed by atoms with Gasteiger partial charge in [0.2, 0.25) is 4.73 Å². The Labute approximate surface area is 597 Å². The number of rotatable bonds is 19. The SMILES string of the molecule is CC(O)(P(=O)(O)O)P(=O)(O)O.NCCC(O)(P(=O)(O)O)P(=O)(O)O.NCCCC(O)(P(=O)(O)O)P(=O)(O)O.O=P(O)(O)C(O)(Cc1cccnc1)P(=O)(O)O.O=P(O)(O)C(Sc1ccc(Cl)cc1)P(=O)(O)O.[H-].[H-].[Na+].[Na+].[Na][Na].[Na][Na].[Na][Na]. The van der Waals surface area contributed by atoms with Gasteiger partial charge < -0.3 is 133 Å². The quantitative estimate of drug-likeness (QED) is 0.0353. The first kappa shape index (κ1) is 104. The summed E-state index contributed by atoms with van der Waals surface area (Å²) in [6, 6.07) is 8.51. The Morgan fingerprint density at radius 3 is 1.01 bits per heavy atom. The summed E-state index contributed by atoms with van der Waals surface area (Å²) in [7, 11) is -52.3.